The topological polar surface area (TPSA) is 77.0 Å². The fourth-order valence-electron chi connectivity index (χ4n) is 3.47. The van der Waals surface area contributed by atoms with Crippen LogP contribution in [0.25, 0.3) is 11.4 Å². The minimum atomic E-state index is -4.74. The smallest absolute Gasteiger partial charge is 0.422 e. The number of hydrogen-bond donors (Lipinski definition) is 1. The number of anilines is 2. The van der Waals surface area contributed by atoms with Gasteiger partial charge in [-0.05, 0) is 42.0 Å². The average molecular weight is 568 g/mol. The van der Waals surface area contributed by atoms with E-state index in [1.165, 1.54) is 30.3 Å². The lowest BCUT2D eigenvalue weighted by molar-refractivity contribution is -0.154. The average Bonchev–Trinajstić information content (AvgIpc) is 2.87. The Morgan fingerprint density at radius 1 is 0.850 bits per heavy atom. The van der Waals surface area contributed by atoms with E-state index in [-0.39, 0.29) is 29.1 Å². The standard InChI is InChI=1S/C26H16F8N4O2/c27-17-7-8-19(20(28)12-17)21(39)10-14-3-1-4-15(9-14)22-36-23(38-24(37-22)40-13-25(29,30)31)35-18-6-2-5-16(11-18)26(32,33)34/h1-9,11-12H,10,13H2,(H,35,36,37,38). The van der Waals surface area contributed by atoms with Crippen LogP contribution in [0, 0.1) is 11.6 Å². The van der Waals surface area contributed by atoms with Crippen LogP contribution in [0.1, 0.15) is 21.5 Å². The summed E-state index contributed by atoms with van der Waals surface area (Å²) in [6.07, 6.45) is -9.72. The van der Waals surface area contributed by atoms with E-state index < -0.39 is 53.9 Å². The SMILES string of the molecule is O=C(Cc1cccc(-c2nc(Nc3cccc(C(F)(F)F)c3)nc(OCC(F)(F)F)n2)c1)c1ccc(F)cc1F. The second kappa shape index (κ2) is 11.2. The Morgan fingerprint density at radius 3 is 2.30 bits per heavy atom. The number of benzene rings is 3. The summed E-state index contributed by atoms with van der Waals surface area (Å²) in [5.41, 5.74) is -0.944. The van der Waals surface area contributed by atoms with Crippen LogP contribution >= 0.6 is 0 Å². The van der Waals surface area contributed by atoms with E-state index in [0.29, 0.717) is 11.6 Å². The van der Waals surface area contributed by atoms with Crippen molar-refractivity contribution in [3.8, 4) is 17.4 Å². The van der Waals surface area contributed by atoms with E-state index >= 15 is 0 Å². The third-order valence-corrected chi connectivity index (χ3v) is 5.21. The molecule has 1 aromatic heterocycles. The third-order valence-electron chi connectivity index (χ3n) is 5.21. The molecule has 0 amide bonds. The Bertz CT molecular complexity index is 1540. The van der Waals surface area contributed by atoms with Gasteiger partial charge in [0, 0.05) is 23.7 Å². The first-order chi connectivity index (χ1) is 18.8. The van der Waals surface area contributed by atoms with Crippen molar-refractivity contribution in [3.63, 3.8) is 0 Å². The predicted molar refractivity (Wildman–Crippen MR) is 126 cm³/mol. The minimum absolute atomic E-state index is 0.116. The number of carbonyl (C=O) groups is 1. The van der Waals surface area contributed by atoms with Crippen LogP contribution in [0.2, 0.25) is 0 Å². The van der Waals surface area contributed by atoms with Crippen LogP contribution in [-0.2, 0) is 12.6 Å². The summed E-state index contributed by atoms with van der Waals surface area (Å²) in [7, 11) is 0. The van der Waals surface area contributed by atoms with Gasteiger partial charge in [-0.1, -0.05) is 24.3 Å². The van der Waals surface area contributed by atoms with Crippen LogP contribution in [0.5, 0.6) is 6.01 Å². The molecule has 4 rings (SSSR count). The molecule has 0 aliphatic rings. The van der Waals surface area contributed by atoms with E-state index in [4.69, 9.17) is 0 Å². The Morgan fingerprint density at radius 2 is 1.60 bits per heavy atom. The van der Waals surface area contributed by atoms with Crippen LogP contribution in [-0.4, -0.2) is 33.5 Å². The first-order valence-electron chi connectivity index (χ1n) is 11.2. The summed E-state index contributed by atoms with van der Waals surface area (Å²) in [5.74, 6) is -3.23. The molecule has 4 aromatic rings. The Labute approximate surface area is 220 Å². The number of ether oxygens (including phenoxy) is 1. The Hall–Kier alpha value is -4.62. The van der Waals surface area contributed by atoms with Crippen LogP contribution in [0.3, 0.4) is 0 Å². The van der Waals surface area contributed by atoms with Gasteiger partial charge in [0.05, 0.1) is 11.1 Å². The summed E-state index contributed by atoms with van der Waals surface area (Å²) in [6.45, 7) is -1.75. The van der Waals surface area contributed by atoms with Gasteiger partial charge in [0.2, 0.25) is 5.95 Å². The van der Waals surface area contributed by atoms with Gasteiger partial charge in [-0.15, -0.1) is 0 Å². The number of alkyl halides is 6. The molecule has 0 fully saturated rings. The van der Waals surface area contributed by atoms with Crippen molar-refractivity contribution in [1.29, 1.82) is 0 Å². The summed E-state index contributed by atoms with van der Waals surface area (Å²) >= 11 is 0. The lowest BCUT2D eigenvalue weighted by atomic mass is 10.0. The summed E-state index contributed by atoms with van der Waals surface area (Å²) < 4.78 is 109. The number of rotatable bonds is 8. The Balaban J connectivity index is 1.66. The van der Waals surface area contributed by atoms with Gasteiger partial charge in [0.15, 0.2) is 18.2 Å². The van der Waals surface area contributed by atoms with Gasteiger partial charge >= 0.3 is 18.4 Å². The maximum atomic E-state index is 14.0. The zero-order valence-electron chi connectivity index (χ0n) is 19.9. The number of aromatic nitrogens is 3. The molecule has 0 unspecified atom stereocenters. The fourth-order valence-corrected chi connectivity index (χ4v) is 3.47. The van der Waals surface area contributed by atoms with E-state index in [1.54, 1.807) is 0 Å². The molecule has 0 aliphatic carbocycles. The maximum absolute atomic E-state index is 14.0. The normalized spacial score (nSPS) is 11.8. The van der Waals surface area contributed by atoms with Crippen molar-refractivity contribution in [2.24, 2.45) is 0 Å². The molecule has 208 valence electrons. The summed E-state index contributed by atoms with van der Waals surface area (Å²) in [4.78, 5) is 24.2. The minimum Gasteiger partial charge on any atom is -0.454 e. The number of nitrogens with one attached hydrogen (secondary N) is 1. The molecular weight excluding hydrogens is 552 g/mol. The highest BCUT2D eigenvalue weighted by Crippen LogP contribution is 2.31. The fraction of sp³-hybridized carbons (Fsp3) is 0.154. The molecule has 0 saturated carbocycles. The molecule has 0 spiro atoms. The number of halogens is 8. The molecule has 1 heterocycles. The highest BCUT2D eigenvalue weighted by Gasteiger charge is 2.31. The molecule has 0 radical (unpaired) electrons. The largest absolute Gasteiger partial charge is 0.454 e. The lowest BCUT2D eigenvalue weighted by Gasteiger charge is -2.13. The zero-order chi connectivity index (χ0) is 29.1. The second-order valence-corrected chi connectivity index (χ2v) is 8.30. The molecule has 6 nitrogen and oxygen atoms in total. The predicted octanol–water partition coefficient (Wildman–Crippen LogP) is 6.95. The van der Waals surface area contributed by atoms with Crippen molar-refractivity contribution < 1.29 is 44.7 Å². The second-order valence-electron chi connectivity index (χ2n) is 8.30. The first-order valence-corrected chi connectivity index (χ1v) is 11.2. The molecule has 1 N–H and O–H groups in total. The molecule has 40 heavy (non-hydrogen) atoms. The molecule has 0 aliphatic heterocycles. The lowest BCUT2D eigenvalue weighted by Crippen LogP contribution is -2.20. The molecule has 3 aromatic carbocycles. The highest BCUT2D eigenvalue weighted by atomic mass is 19.4. The van der Waals surface area contributed by atoms with E-state index in [1.807, 2.05) is 0 Å². The van der Waals surface area contributed by atoms with Gasteiger partial charge in [0.25, 0.3) is 0 Å². The number of nitrogens with zero attached hydrogens (tertiary/aromatic N) is 3. The van der Waals surface area contributed by atoms with Crippen molar-refractivity contribution in [1.82, 2.24) is 15.0 Å². The van der Waals surface area contributed by atoms with E-state index in [0.717, 1.165) is 30.3 Å². The molecule has 0 saturated heterocycles. The maximum Gasteiger partial charge on any atom is 0.422 e. The summed E-state index contributed by atoms with van der Waals surface area (Å²) in [5, 5.41) is 2.49. The van der Waals surface area contributed by atoms with Crippen molar-refractivity contribution in [3.05, 3.63) is 95.1 Å². The first kappa shape index (κ1) is 28.4. The van der Waals surface area contributed by atoms with Crippen molar-refractivity contribution in [2.75, 3.05) is 11.9 Å². The number of carbonyl (C=O) groups excluding carboxylic acids is 1. The van der Waals surface area contributed by atoms with Crippen LogP contribution in [0.15, 0.2) is 66.7 Å². The molecular formula is C26H16F8N4O2. The van der Waals surface area contributed by atoms with Gasteiger partial charge in [0.1, 0.15) is 11.6 Å². The zero-order valence-corrected chi connectivity index (χ0v) is 19.9. The van der Waals surface area contributed by atoms with Gasteiger partial charge in [-0.25, -0.2) is 8.78 Å². The van der Waals surface area contributed by atoms with E-state index in [2.05, 4.69) is 25.0 Å². The Kier molecular flexibility index (Phi) is 7.98. The highest BCUT2D eigenvalue weighted by molar-refractivity contribution is 5.97. The monoisotopic (exact) mass is 568 g/mol. The van der Waals surface area contributed by atoms with E-state index in [9.17, 15) is 39.9 Å². The van der Waals surface area contributed by atoms with Gasteiger partial charge in [-0.3, -0.25) is 4.79 Å². The third kappa shape index (κ3) is 7.48. The van der Waals surface area contributed by atoms with Crippen molar-refractivity contribution in [2.45, 2.75) is 18.8 Å². The van der Waals surface area contributed by atoms with Crippen LogP contribution in [0.4, 0.5) is 46.8 Å². The molecule has 0 bridgehead atoms. The molecule has 14 heteroatoms. The number of ketones is 1. The van der Waals surface area contributed by atoms with Crippen molar-refractivity contribution >= 4 is 17.4 Å². The van der Waals surface area contributed by atoms with Gasteiger partial charge in [-0.2, -0.15) is 41.3 Å². The number of hydrogen-bond acceptors (Lipinski definition) is 6. The summed E-state index contributed by atoms with van der Waals surface area (Å²) in [6, 6.07) is 11.5. The van der Waals surface area contributed by atoms with Gasteiger partial charge < -0.3 is 10.1 Å². The number of Topliss-reactive ketones (excluding diaryl/α,β-unsaturated/α-hetero) is 1. The quantitative estimate of drug-likeness (QED) is 0.183. The van der Waals surface area contributed by atoms with Crippen LogP contribution < -0.4 is 10.1 Å². The molecule has 0 atom stereocenters.